The van der Waals surface area contributed by atoms with Gasteiger partial charge in [-0.05, 0) is 30.8 Å². The Hall–Kier alpha value is -2.00. The first-order valence-electron chi connectivity index (χ1n) is 7.01. The number of fused-ring (bicyclic) bond motifs is 3. The van der Waals surface area contributed by atoms with Gasteiger partial charge in [-0.25, -0.2) is 0 Å². The largest absolute Gasteiger partial charge is 0.481 e. The zero-order valence-electron chi connectivity index (χ0n) is 11.6. The Bertz CT molecular complexity index is 682. The zero-order valence-corrected chi connectivity index (χ0v) is 11.6. The van der Waals surface area contributed by atoms with Crippen LogP contribution in [0.25, 0.3) is 0 Å². The molecule has 2 heterocycles. The molecule has 2 aliphatic heterocycles. The van der Waals surface area contributed by atoms with Crippen LogP contribution in [0.5, 0.6) is 5.75 Å². The van der Waals surface area contributed by atoms with Gasteiger partial charge in [0.1, 0.15) is 5.75 Å². The highest BCUT2D eigenvalue weighted by molar-refractivity contribution is 5.53. The number of nitrogens with two attached hydrogens (primary N) is 1. The topological polar surface area (TPSA) is 38.5 Å². The lowest BCUT2D eigenvalue weighted by molar-refractivity contribution is 0.0362. The van der Waals surface area contributed by atoms with Gasteiger partial charge in [0.25, 0.3) is 0 Å². The van der Waals surface area contributed by atoms with E-state index >= 15 is 0 Å². The highest BCUT2D eigenvalue weighted by atomic mass is 16.5. The monoisotopic (exact) mass is 266 g/mol. The SMILES string of the molecule is CN1Cc2ccccc2C2(Cc3cc(N)ccc3O2)C1. The van der Waals surface area contributed by atoms with Crippen LogP contribution in [0.4, 0.5) is 5.69 Å². The van der Waals surface area contributed by atoms with E-state index in [2.05, 4.69) is 36.2 Å². The molecule has 2 aromatic rings. The van der Waals surface area contributed by atoms with Gasteiger partial charge in [-0.15, -0.1) is 0 Å². The number of hydrogen-bond acceptors (Lipinski definition) is 3. The number of likely N-dealkylation sites (N-methyl/N-ethyl adjacent to an activating group) is 1. The number of nitrogen functional groups attached to an aromatic ring is 1. The molecule has 1 atom stereocenters. The average Bonchev–Trinajstić information content (AvgIpc) is 2.76. The fourth-order valence-corrected chi connectivity index (χ4v) is 3.60. The molecule has 0 fully saturated rings. The quantitative estimate of drug-likeness (QED) is 0.745. The summed E-state index contributed by atoms with van der Waals surface area (Å²) >= 11 is 0. The molecule has 0 aliphatic carbocycles. The maximum Gasteiger partial charge on any atom is 0.151 e. The third-order valence-corrected chi connectivity index (χ3v) is 4.34. The molecular weight excluding hydrogens is 248 g/mol. The van der Waals surface area contributed by atoms with E-state index in [1.807, 2.05) is 18.2 Å². The summed E-state index contributed by atoms with van der Waals surface area (Å²) in [5, 5.41) is 0. The molecule has 2 N–H and O–H groups in total. The molecule has 0 bridgehead atoms. The van der Waals surface area contributed by atoms with Gasteiger partial charge in [-0.3, -0.25) is 4.90 Å². The average molecular weight is 266 g/mol. The van der Waals surface area contributed by atoms with Gasteiger partial charge in [-0.1, -0.05) is 24.3 Å². The maximum absolute atomic E-state index is 6.39. The van der Waals surface area contributed by atoms with Gasteiger partial charge >= 0.3 is 0 Å². The minimum atomic E-state index is -0.250. The minimum Gasteiger partial charge on any atom is -0.481 e. The Morgan fingerprint density at radius 3 is 2.90 bits per heavy atom. The Morgan fingerprint density at radius 2 is 2.00 bits per heavy atom. The smallest absolute Gasteiger partial charge is 0.151 e. The molecule has 1 unspecified atom stereocenters. The molecule has 2 aliphatic rings. The number of benzene rings is 2. The van der Waals surface area contributed by atoms with Crippen LogP contribution in [0.3, 0.4) is 0 Å². The molecule has 102 valence electrons. The Morgan fingerprint density at radius 1 is 1.15 bits per heavy atom. The van der Waals surface area contributed by atoms with Crippen LogP contribution >= 0.6 is 0 Å². The lowest BCUT2D eigenvalue weighted by Gasteiger charge is -2.39. The van der Waals surface area contributed by atoms with Crippen molar-refractivity contribution < 1.29 is 4.74 Å². The second-order valence-electron chi connectivity index (χ2n) is 5.97. The second-order valence-corrected chi connectivity index (χ2v) is 5.97. The number of hydrogen-bond donors (Lipinski definition) is 1. The van der Waals surface area contributed by atoms with Crippen molar-refractivity contribution in [2.24, 2.45) is 0 Å². The van der Waals surface area contributed by atoms with Crippen LogP contribution in [0.15, 0.2) is 42.5 Å². The van der Waals surface area contributed by atoms with Crippen LogP contribution in [0.2, 0.25) is 0 Å². The number of anilines is 1. The van der Waals surface area contributed by atoms with Gasteiger partial charge < -0.3 is 10.5 Å². The normalized spacial score (nSPS) is 24.2. The van der Waals surface area contributed by atoms with E-state index in [9.17, 15) is 0 Å². The van der Waals surface area contributed by atoms with Gasteiger partial charge in [0.2, 0.25) is 0 Å². The lowest BCUT2D eigenvalue weighted by Crippen LogP contribution is -2.47. The fourth-order valence-electron chi connectivity index (χ4n) is 3.60. The van der Waals surface area contributed by atoms with Crippen molar-refractivity contribution in [1.29, 1.82) is 0 Å². The van der Waals surface area contributed by atoms with Gasteiger partial charge in [0.15, 0.2) is 5.60 Å². The summed E-state index contributed by atoms with van der Waals surface area (Å²) in [7, 11) is 2.15. The summed E-state index contributed by atoms with van der Waals surface area (Å²) in [5.41, 5.74) is 10.4. The highest BCUT2D eigenvalue weighted by Gasteiger charge is 2.45. The predicted molar refractivity (Wildman–Crippen MR) is 79.6 cm³/mol. The summed E-state index contributed by atoms with van der Waals surface area (Å²) in [6.07, 6.45) is 0.898. The maximum atomic E-state index is 6.39. The van der Waals surface area contributed by atoms with Crippen molar-refractivity contribution >= 4 is 5.69 Å². The first-order valence-corrected chi connectivity index (χ1v) is 7.01. The van der Waals surface area contributed by atoms with Crippen molar-refractivity contribution in [2.75, 3.05) is 19.3 Å². The third-order valence-electron chi connectivity index (χ3n) is 4.34. The lowest BCUT2D eigenvalue weighted by atomic mass is 9.82. The first kappa shape index (κ1) is 11.8. The van der Waals surface area contributed by atoms with Crippen LogP contribution in [0.1, 0.15) is 16.7 Å². The van der Waals surface area contributed by atoms with E-state index in [0.29, 0.717) is 0 Å². The molecular formula is C17H18N2O. The van der Waals surface area contributed by atoms with Crippen molar-refractivity contribution in [3.05, 3.63) is 59.2 Å². The first-order chi connectivity index (χ1) is 9.66. The number of ether oxygens (including phenoxy) is 1. The molecule has 4 rings (SSSR count). The summed E-state index contributed by atoms with van der Waals surface area (Å²) in [6.45, 7) is 1.90. The molecule has 0 saturated carbocycles. The second kappa shape index (κ2) is 4.00. The van der Waals surface area contributed by atoms with Gasteiger partial charge in [0, 0.05) is 36.3 Å². The Labute approximate surface area is 119 Å². The van der Waals surface area contributed by atoms with E-state index in [0.717, 1.165) is 30.9 Å². The van der Waals surface area contributed by atoms with Gasteiger partial charge in [0.05, 0.1) is 0 Å². The van der Waals surface area contributed by atoms with E-state index in [1.165, 1.54) is 16.7 Å². The van der Waals surface area contributed by atoms with E-state index in [-0.39, 0.29) is 5.60 Å². The third kappa shape index (κ3) is 1.63. The van der Waals surface area contributed by atoms with Crippen molar-refractivity contribution in [2.45, 2.75) is 18.6 Å². The van der Waals surface area contributed by atoms with E-state index in [4.69, 9.17) is 10.5 Å². The van der Waals surface area contributed by atoms with E-state index < -0.39 is 0 Å². The highest BCUT2D eigenvalue weighted by Crippen LogP contribution is 2.45. The predicted octanol–water partition coefficient (Wildman–Crippen LogP) is 2.54. The fraction of sp³-hybridized carbons (Fsp3) is 0.294. The number of nitrogens with zero attached hydrogens (tertiary/aromatic N) is 1. The minimum absolute atomic E-state index is 0.250. The van der Waals surface area contributed by atoms with Crippen LogP contribution in [-0.4, -0.2) is 18.5 Å². The summed E-state index contributed by atoms with van der Waals surface area (Å²) < 4.78 is 6.39. The van der Waals surface area contributed by atoms with Crippen molar-refractivity contribution in [3.63, 3.8) is 0 Å². The molecule has 0 aromatic heterocycles. The van der Waals surface area contributed by atoms with Crippen LogP contribution < -0.4 is 10.5 Å². The Balaban J connectivity index is 1.84. The molecule has 3 heteroatoms. The molecule has 3 nitrogen and oxygen atoms in total. The Kier molecular flexibility index (Phi) is 2.36. The van der Waals surface area contributed by atoms with Crippen LogP contribution in [0, 0.1) is 0 Å². The molecule has 0 saturated heterocycles. The molecule has 0 amide bonds. The summed E-state index contributed by atoms with van der Waals surface area (Å²) in [5.74, 6) is 0.976. The molecule has 1 spiro atoms. The standard InChI is InChI=1S/C17H18N2O/c1-19-10-12-4-2-3-5-15(12)17(11-19)9-13-8-14(18)6-7-16(13)20-17/h2-8H,9-11,18H2,1H3. The number of rotatable bonds is 0. The molecule has 0 radical (unpaired) electrons. The molecule has 2 aromatic carbocycles. The van der Waals surface area contributed by atoms with Crippen LogP contribution in [-0.2, 0) is 18.6 Å². The zero-order chi connectivity index (χ0) is 13.7. The molecule has 20 heavy (non-hydrogen) atoms. The summed E-state index contributed by atoms with van der Waals surface area (Å²) in [4.78, 5) is 2.33. The summed E-state index contributed by atoms with van der Waals surface area (Å²) in [6, 6.07) is 14.6. The van der Waals surface area contributed by atoms with Crippen molar-refractivity contribution in [3.8, 4) is 5.75 Å². The van der Waals surface area contributed by atoms with Crippen molar-refractivity contribution in [1.82, 2.24) is 4.90 Å². The van der Waals surface area contributed by atoms with E-state index in [1.54, 1.807) is 0 Å². The van der Waals surface area contributed by atoms with Gasteiger partial charge in [-0.2, -0.15) is 0 Å².